The Morgan fingerprint density at radius 1 is 1.50 bits per heavy atom. The molecule has 1 heterocycles. The van der Waals surface area contributed by atoms with Crippen LogP contribution in [-0.4, -0.2) is 48.4 Å². The van der Waals surface area contributed by atoms with Crippen molar-refractivity contribution < 1.29 is 4.79 Å². The fourth-order valence-electron chi connectivity index (χ4n) is 1.66. The molecule has 1 aliphatic rings. The van der Waals surface area contributed by atoms with Crippen molar-refractivity contribution in [3.63, 3.8) is 0 Å². The fraction of sp³-hybridized carbons (Fsp3) is 0.900. The summed E-state index contributed by atoms with van der Waals surface area (Å²) in [6, 6.07) is 0.123. The van der Waals surface area contributed by atoms with E-state index in [1.54, 1.807) is 4.90 Å². The van der Waals surface area contributed by atoms with Gasteiger partial charge < -0.3 is 9.80 Å². The van der Waals surface area contributed by atoms with E-state index in [1.165, 1.54) is 0 Å². The minimum atomic E-state index is 0.123. The summed E-state index contributed by atoms with van der Waals surface area (Å²) in [6.45, 7) is 4.66. The minimum absolute atomic E-state index is 0.123. The third kappa shape index (κ3) is 3.05. The van der Waals surface area contributed by atoms with Crippen molar-refractivity contribution in [2.45, 2.75) is 19.8 Å². The molecule has 0 radical (unpaired) electrons. The van der Waals surface area contributed by atoms with Crippen molar-refractivity contribution in [3.8, 4) is 0 Å². The zero-order valence-electron chi connectivity index (χ0n) is 9.00. The number of carbonyl (C=O) groups is 1. The summed E-state index contributed by atoms with van der Waals surface area (Å²) in [5.74, 6) is 1.27. The second-order valence-electron chi connectivity index (χ2n) is 4.06. The van der Waals surface area contributed by atoms with Gasteiger partial charge in [-0.05, 0) is 18.8 Å². The van der Waals surface area contributed by atoms with Gasteiger partial charge in [0.25, 0.3) is 0 Å². The van der Waals surface area contributed by atoms with Crippen LogP contribution >= 0.6 is 11.6 Å². The number of rotatable bonds is 2. The summed E-state index contributed by atoms with van der Waals surface area (Å²) < 4.78 is 0. The third-order valence-electron chi connectivity index (χ3n) is 2.80. The molecule has 2 amide bonds. The summed E-state index contributed by atoms with van der Waals surface area (Å²) in [6.07, 6.45) is 2.25. The minimum Gasteiger partial charge on any atom is -0.327 e. The van der Waals surface area contributed by atoms with E-state index in [1.807, 2.05) is 11.9 Å². The maximum atomic E-state index is 11.8. The lowest BCUT2D eigenvalue weighted by atomic mass is 10.00. The summed E-state index contributed by atoms with van der Waals surface area (Å²) >= 11 is 5.59. The highest BCUT2D eigenvalue weighted by Gasteiger charge is 2.22. The molecule has 0 aliphatic carbocycles. The third-order valence-corrected chi connectivity index (χ3v) is 2.97. The number of halogens is 1. The van der Waals surface area contributed by atoms with Gasteiger partial charge in [0.05, 0.1) is 0 Å². The average Bonchev–Trinajstić information content (AvgIpc) is 2.18. The van der Waals surface area contributed by atoms with Gasteiger partial charge >= 0.3 is 6.03 Å². The largest absolute Gasteiger partial charge is 0.327 e. The van der Waals surface area contributed by atoms with Gasteiger partial charge in [-0.3, -0.25) is 0 Å². The number of amides is 2. The lowest BCUT2D eigenvalue weighted by Gasteiger charge is -2.33. The molecule has 0 aromatic rings. The second kappa shape index (κ2) is 5.44. The molecule has 82 valence electrons. The Kier molecular flexibility index (Phi) is 4.52. The first-order chi connectivity index (χ1) is 6.65. The van der Waals surface area contributed by atoms with Crippen LogP contribution in [0, 0.1) is 5.92 Å². The predicted octanol–water partition coefficient (Wildman–Crippen LogP) is 2.01. The van der Waals surface area contributed by atoms with E-state index in [9.17, 15) is 4.79 Å². The van der Waals surface area contributed by atoms with Crippen LogP contribution in [0.5, 0.6) is 0 Å². The zero-order valence-corrected chi connectivity index (χ0v) is 9.76. The van der Waals surface area contributed by atoms with E-state index in [0.717, 1.165) is 31.8 Å². The Balaban J connectivity index is 2.37. The van der Waals surface area contributed by atoms with Crippen LogP contribution in [0.2, 0.25) is 0 Å². The molecule has 0 unspecified atom stereocenters. The molecule has 1 saturated heterocycles. The molecule has 3 nitrogen and oxygen atoms in total. The normalized spacial score (nSPS) is 18.4. The highest BCUT2D eigenvalue weighted by Crippen LogP contribution is 2.16. The molecule has 0 aromatic heterocycles. The molecule has 14 heavy (non-hydrogen) atoms. The van der Waals surface area contributed by atoms with Crippen molar-refractivity contribution in [2.75, 3.05) is 32.6 Å². The van der Waals surface area contributed by atoms with Crippen LogP contribution < -0.4 is 0 Å². The molecule has 0 spiro atoms. The monoisotopic (exact) mass is 218 g/mol. The first-order valence-corrected chi connectivity index (χ1v) is 5.74. The van der Waals surface area contributed by atoms with Crippen LogP contribution in [0.1, 0.15) is 19.8 Å². The molecule has 0 N–H and O–H groups in total. The number of likely N-dealkylation sites (tertiary alicyclic amines) is 1. The van der Waals surface area contributed by atoms with Crippen LogP contribution in [0.4, 0.5) is 4.79 Å². The second-order valence-corrected chi connectivity index (χ2v) is 4.44. The Morgan fingerprint density at radius 3 is 2.57 bits per heavy atom. The molecule has 1 fully saturated rings. The van der Waals surface area contributed by atoms with E-state index in [2.05, 4.69) is 6.92 Å². The van der Waals surface area contributed by atoms with Gasteiger partial charge in [-0.1, -0.05) is 6.92 Å². The zero-order chi connectivity index (χ0) is 10.6. The first kappa shape index (κ1) is 11.6. The van der Waals surface area contributed by atoms with Crippen molar-refractivity contribution >= 4 is 17.6 Å². The number of hydrogen-bond acceptors (Lipinski definition) is 1. The number of nitrogens with zero attached hydrogens (tertiary/aromatic N) is 2. The van der Waals surface area contributed by atoms with Gasteiger partial charge in [0.2, 0.25) is 0 Å². The smallest absolute Gasteiger partial charge is 0.319 e. The van der Waals surface area contributed by atoms with Gasteiger partial charge in [-0.25, -0.2) is 4.79 Å². The van der Waals surface area contributed by atoms with Crippen LogP contribution in [-0.2, 0) is 0 Å². The Labute approximate surface area is 91.0 Å². The van der Waals surface area contributed by atoms with E-state index in [0.29, 0.717) is 12.4 Å². The highest BCUT2D eigenvalue weighted by molar-refractivity contribution is 6.18. The average molecular weight is 219 g/mol. The molecule has 1 aliphatic heterocycles. The first-order valence-electron chi connectivity index (χ1n) is 5.21. The SMILES string of the molecule is CC1CCN(C(=O)N(C)CCCl)CC1. The number of urea groups is 1. The van der Waals surface area contributed by atoms with Gasteiger partial charge in [0, 0.05) is 32.6 Å². The Morgan fingerprint density at radius 2 is 2.07 bits per heavy atom. The number of piperidine rings is 1. The topological polar surface area (TPSA) is 23.6 Å². The molecule has 0 atom stereocenters. The molecule has 4 heteroatoms. The van der Waals surface area contributed by atoms with Gasteiger partial charge in [0.15, 0.2) is 0 Å². The maximum Gasteiger partial charge on any atom is 0.319 e. The highest BCUT2D eigenvalue weighted by atomic mass is 35.5. The standard InChI is InChI=1S/C10H19ClN2O/c1-9-3-6-13(7-4-9)10(14)12(2)8-5-11/h9H,3-8H2,1-2H3. The molecule has 0 bridgehead atoms. The van der Waals surface area contributed by atoms with E-state index >= 15 is 0 Å². The lowest BCUT2D eigenvalue weighted by Crippen LogP contribution is -2.45. The fourth-order valence-corrected chi connectivity index (χ4v) is 1.92. The summed E-state index contributed by atoms with van der Waals surface area (Å²) in [4.78, 5) is 15.4. The number of hydrogen-bond donors (Lipinski definition) is 0. The Bertz CT molecular complexity index is 191. The molecular weight excluding hydrogens is 200 g/mol. The van der Waals surface area contributed by atoms with Crippen LogP contribution in [0.3, 0.4) is 0 Å². The van der Waals surface area contributed by atoms with E-state index < -0.39 is 0 Å². The van der Waals surface area contributed by atoms with Gasteiger partial charge in [-0.15, -0.1) is 11.6 Å². The van der Waals surface area contributed by atoms with Gasteiger partial charge in [0.1, 0.15) is 0 Å². The van der Waals surface area contributed by atoms with Crippen molar-refractivity contribution in [3.05, 3.63) is 0 Å². The van der Waals surface area contributed by atoms with Crippen molar-refractivity contribution in [2.24, 2.45) is 5.92 Å². The van der Waals surface area contributed by atoms with Gasteiger partial charge in [-0.2, -0.15) is 0 Å². The Hall–Kier alpha value is -0.440. The van der Waals surface area contributed by atoms with Crippen molar-refractivity contribution in [1.82, 2.24) is 9.80 Å². The maximum absolute atomic E-state index is 11.8. The molecule has 0 saturated carbocycles. The number of carbonyl (C=O) groups excluding carboxylic acids is 1. The van der Waals surface area contributed by atoms with E-state index in [-0.39, 0.29) is 6.03 Å². The van der Waals surface area contributed by atoms with Crippen molar-refractivity contribution in [1.29, 1.82) is 0 Å². The lowest BCUT2D eigenvalue weighted by molar-refractivity contribution is 0.145. The molecular formula is C10H19ClN2O. The quantitative estimate of drug-likeness (QED) is 0.651. The summed E-state index contributed by atoms with van der Waals surface area (Å²) in [5, 5.41) is 0. The number of alkyl halides is 1. The van der Waals surface area contributed by atoms with Crippen LogP contribution in [0.25, 0.3) is 0 Å². The summed E-state index contributed by atoms with van der Waals surface area (Å²) in [5.41, 5.74) is 0. The summed E-state index contributed by atoms with van der Waals surface area (Å²) in [7, 11) is 1.81. The molecule has 1 rings (SSSR count). The predicted molar refractivity (Wildman–Crippen MR) is 58.7 cm³/mol. The van der Waals surface area contributed by atoms with E-state index in [4.69, 9.17) is 11.6 Å². The molecule has 0 aromatic carbocycles. The van der Waals surface area contributed by atoms with Crippen LogP contribution in [0.15, 0.2) is 0 Å².